The van der Waals surface area contributed by atoms with Crippen molar-refractivity contribution in [2.75, 3.05) is 32.8 Å². The number of amides is 3. The van der Waals surface area contributed by atoms with Gasteiger partial charge in [-0.3, -0.25) is 9.59 Å². The quantitative estimate of drug-likeness (QED) is 0.573. The van der Waals surface area contributed by atoms with Gasteiger partial charge in [-0.25, -0.2) is 4.79 Å². The minimum atomic E-state index is -0.976. The smallest absolute Gasteiger partial charge is 0.317 e. The standard InChI is InChI=1S/C11H17N3O5/c15-9-1-3-14(4-2-12-9)11(18)13-8-6-19-5-7(8)10(16)17/h7-8H,1-6H2,(H,12,15)(H,13,18)(H,16,17). The van der Waals surface area contributed by atoms with Crippen molar-refractivity contribution in [3.63, 3.8) is 0 Å². The summed E-state index contributed by atoms with van der Waals surface area (Å²) < 4.78 is 5.08. The van der Waals surface area contributed by atoms with Crippen LogP contribution in [0.4, 0.5) is 4.79 Å². The molecular weight excluding hydrogens is 254 g/mol. The first-order valence-corrected chi connectivity index (χ1v) is 6.20. The number of carboxylic acid groups (broad SMARTS) is 1. The molecule has 0 saturated carbocycles. The summed E-state index contributed by atoms with van der Waals surface area (Å²) in [5.41, 5.74) is 0. The molecule has 2 fully saturated rings. The number of carbonyl (C=O) groups excluding carboxylic acids is 2. The molecule has 19 heavy (non-hydrogen) atoms. The molecule has 0 aromatic carbocycles. The van der Waals surface area contributed by atoms with Crippen molar-refractivity contribution in [3.8, 4) is 0 Å². The van der Waals surface area contributed by atoms with Crippen molar-refractivity contribution in [1.82, 2.24) is 15.5 Å². The van der Waals surface area contributed by atoms with Crippen LogP contribution in [0.15, 0.2) is 0 Å². The molecule has 3 amide bonds. The minimum absolute atomic E-state index is 0.0806. The van der Waals surface area contributed by atoms with E-state index in [0.717, 1.165) is 0 Å². The normalized spacial score (nSPS) is 27.6. The number of carbonyl (C=O) groups is 3. The van der Waals surface area contributed by atoms with E-state index >= 15 is 0 Å². The first-order chi connectivity index (χ1) is 9.08. The summed E-state index contributed by atoms with van der Waals surface area (Å²) in [6.45, 7) is 1.48. The molecule has 106 valence electrons. The highest BCUT2D eigenvalue weighted by Gasteiger charge is 2.36. The lowest BCUT2D eigenvalue weighted by atomic mass is 10.0. The first kappa shape index (κ1) is 13.6. The van der Waals surface area contributed by atoms with Gasteiger partial charge in [-0.05, 0) is 0 Å². The Morgan fingerprint density at radius 3 is 2.89 bits per heavy atom. The van der Waals surface area contributed by atoms with Gasteiger partial charge >= 0.3 is 12.0 Å². The number of aliphatic carboxylic acids is 1. The second-order valence-electron chi connectivity index (χ2n) is 4.63. The van der Waals surface area contributed by atoms with E-state index in [2.05, 4.69) is 10.6 Å². The molecule has 0 aliphatic carbocycles. The number of ether oxygens (including phenoxy) is 1. The summed E-state index contributed by atoms with van der Waals surface area (Å²) in [5, 5.41) is 14.3. The SMILES string of the molecule is O=C1CCN(C(=O)NC2COCC2C(=O)O)CCN1. The number of hydrogen-bond acceptors (Lipinski definition) is 4. The van der Waals surface area contributed by atoms with Gasteiger partial charge in [0.25, 0.3) is 0 Å². The number of nitrogens with zero attached hydrogens (tertiary/aromatic N) is 1. The van der Waals surface area contributed by atoms with Crippen molar-refractivity contribution >= 4 is 17.9 Å². The van der Waals surface area contributed by atoms with E-state index in [9.17, 15) is 14.4 Å². The molecule has 2 saturated heterocycles. The van der Waals surface area contributed by atoms with Crippen LogP contribution in [0.1, 0.15) is 6.42 Å². The maximum Gasteiger partial charge on any atom is 0.317 e. The Morgan fingerprint density at radius 2 is 2.16 bits per heavy atom. The number of urea groups is 1. The van der Waals surface area contributed by atoms with E-state index in [4.69, 9.17) is 9.84 Å². The average Bonchev–Trinajstić information content (AvgIpc) is 2.70. The highest BCUT2D eigenvalue weighted by atomic mass is 16.5. The summed E-state index contributed by atoms with van der Waals surface area (Å²) in [4.78, 5) is 35.7. The van der Waals surface area contributed by atoms with E-state index in [0.29, 0.717) is 19.6 Å². The summed E-state index contributed by atoms with van der Waals surface area (Å²) in [6.07, 6.45) is 0.261. The van der Waals surface area contributed by atoms with Gasteiger partial charge < -0.3 is 25.4 Å². The summed E-state index contributed by atoms with van der Waals surface area (Å²) in [7, 11) is 0. The Morgan fingerprint density at radius 1 is 1.37 bits per heavy atom. The van der Waals surface area contributed by atoms with Crippen LogP contribution in [0.25, 0.3) is 0 Å². The van der Waals surface area contributed by atoms with Crippen LogP contribution >= 0.6 is 0 Å². The lowest BCUT2D eigenvalue weighted by molar-refractivity contribution is -0.142. The Balaban J connectivity index is 1.89. The minimum Gasteiger partial charge on any atom is -0.481 e. The van der Waals surface area contributed by atoms with E-state index in [1.54, 1.807) is 0 Å². The van der Waals surface area contributed by atoms with Crippen molar-refractivity contribution in [2.45, 2.75) is 12.5 Å². The third-order valence-electron chi connectivity index (χ3n) is 3.31. The van der Waals surface area contributed by atoms with Crippen LogP contribution in [-0.4, -0.2) is 66.8 Å². The van der Waals surface area contributed by atoms with Crippen molar-refractivity contribution in [3.05, 3.63) is 0 Å². The van der Waals surface area contributed by atoms with Crippen LogP contribution in [-0.2, 0) is 14.3 Å². The predicted molar refractivity (Wildman–Crippen MR) is 63.5 cm³/mol. The predicted octanol–water partition coefficient (Wildman–Crippen LogP) is -1.38. The summed E-state index contributed by atoms with van der Waals surface area (Å²) in [6, 6.07) is -0.866. The second kappa shape index (κ2) is 5.87. The Bertz CT molecular complexity index is 387. The van der Waals surface area contributed by atoms with Gasteiger partial charge in [-0.1, -0.05) is 0 Å². The lowest BCUT2D eigenvalue weighted by Gasteiger charge is -2.23. The van der Waals surface area contributed by atoms with Crippen molar-refractivity contribution in [1.29, 1.82) is 0 Å². The molecule has 8 heteroatoms. The van der Waals surface area contributed by atoms with Crippen molar-refractivity contribution in [2.24, 2.45) is 5.92 Å². The highest BCUT2D eigenvalue weighted by molar-refractivity contribution is 5.80. The zero-order valence-electron chi connectivity index (χ0n) is 10.4. The summed E-state index contributed by atoms with van der Waals surface area (Å²) >= 11 is 0. The number of carboxylic acids is 1. The lowest BCUT2D eigenvalue weighted by Crippen LogP contribution is -2.49. The zero-order valence-corrected chi connectivity index (χ0v) is 10.4. The number of hydrogen-bond donors (Lipinski definition) is 3. The molecule has 8 nitrogen and oxygen atoms in total. The van der Waals surface area contributed by atoms with Gasteiger partial charge in [0.2, 0.25) is 5.91 Å². The van der Waals surface area contributed by atoms with Gasteiger partial charge in [-0.2, -0.15) is 0 Å². The van der Waals surface area contributed by atoms with E-state index in [1.807, 2.05) is 0 Å². The largest absolute Gasteiger partial charge is 0.481 e. The average molecular weight is 271 g/mol. The van der Waals surface area contributed by atoms with Crippen LogP contribution < -0.4 is 10.6 Å². The molecule has 0 spiro atoms. The van der Waals surface area contributed by atoms with E-state index in [-0.39, 0.29) is 31.6 Å². The molecule has 2 rings (SSSR count). The Labute approximate surface area is 110 Å². The van der Waals surface area contributed by atoms with E-state index in [1.165, 1.54) is 4.90 Å². The molecule has 2 unspecified atom stereocenters. The van der Waals surface area contributed by atoms with Gasteiger partial charge in [0.05, 0.1) is 19.3 Å². The number of nitrogens with one attached hydrogen (secondary N) is 2. The molecule has 2 aliphatic rings. The molecule has 2 aliphatic heterocycles. The molecule has 2 heterocycles. The molecule has 0 radical (unpaired) electrons. The third-order valence-corrected chi connectivity index (χ3v) is 3.31. The molecule has 0 aromatic rings. The Kier molecular flexibility index (Phi) is 4.20. The molecule has 2 atom stereocenters. The van der Waals surface area contributed by atoms with Crippen LogP contribution in [0.2, 0.25) is 0 Å². The van der Waals surface area contributed by atoms with Gasteiger partial charge in [0.15, 0.2) is 0 Å². The fourth-order valence-corrected chi connectivity index (χ4v) is 2.16. The van der Waals surface area contributed by atoms with Crippen LogP contribution in [0.3, 0.4) is 0 Å². The fourth-order valence-electron chi connectivity index (χ4n) is 2.16. The van der Waals surface area contributed by atoms with E-state index < -0.39 is 17.9 Å². The monoisotopic (exact) mass is 271 g/mol. The molecule has 3 N–H and O–H groups in total. The second-order valence-corrected chi connectivity index (χ2v) is 4.63. The zero-order chi connectivity index (χ0) is 13.8. The molecule has 0 bridgehead atoms. The van der Waals surface area contributed by atoms with Gasteiger partial charge in [-0.15, -0.1) is 0 Å². The maximum atomic E-state index is 12.0. The third kappa shape index (κ3) is 3.34. The highest BCUT2D eigenvalue weighted by Crippen LogP contribution is 2.14. The topological polar surface area (TPSA) is 108 Å². The maximum absolute atomic E-state index is 12.0. The Hall–Kier alpha value is -1.83. The van der Waals surface area contributed by atoms with Crippen molar-refractivity contribution < 1.29 is 24.2 Å². The van der Waals surface area contributed by atoms with Gasteiger partial charge in [0.1, 0.15) is 5.92 Å². The van der Waals surface area contributed by atoms with Crippen LogP contribution in [0, 0.1) is 5.92 Å². The summed E-state index contributed by atoms with van der Waals surface area (Å²) in [5.74, 6) is -1.77. The first-order valence-electron chi connectivity index (χ1n) is 6.20. The fraction of sp³-hybridized carbons (Fsp3) is 0.727. The van der Waals surface area contributed by atoms with Gasteiger partial charge in [0, 0.05) is 26.1 Å². The molecular formula is C11H17N3O5. The number of rotatable bonds is 2. The molecule has 0 aromatic heterocycles. The van der Waals surface area contributed by atoms with Crippen LogP contribution in [0.5, 0.6) is 0 Å².